The number of alkyl halides is 3. The SMILES string of the molecule is Cc1c(/C=N/NC(=O)c2cccc(C(F)(F)F)c2)c2ccccc2n1Cc1ccccc1Cl. The van der Waals surface area contributed by atoms with E-state index in [1.165, 1.54) is 18.3 Å². The fourth-order valence-electron chi connectivity index (χ4n) is 3.68. The zero-order valence-corrected chi connectivity index (χ0v) is 18.3. The van der Waals surface area contributed by atoms with Crippen molar-refractivity contribution >= 4 is 34.6 Å². The molecule has 1 heterocycles. The Labute approximate surface area is 193 Å². The number of rotatable bonds is 5. The van der Waals surface area contributed by atoms with Crippen molar-refractivity contribution in [1.29, 1.82) is 0 Å². The molecule has 0 saturated carbocycles. The first-order valence-corrected chi connectivity index (χ1v) is 10.5. The van der Waals surface area contributed by atoms with Crippen molar-refractivity contribution in [3.63, 3.8) is 0 Å². The maximum absolute atomic E-state index is 12.9. The third-order valence-corrected chi connectivity index (χ3v) is 5.75. The average molecular weight is 470 g/mol. The summed E-state index contributed by atoms with van der Waals surface area (Å²) in [5.74, 6) is -0.727. The molecule has 0 fully saturated rings. The number of hydrogen-bond acceptors (Lipinski definition) is 2. The Kier molecular flexibility index (Phi) is 6.24. The lowest BCUT2D eigenvalue weighted by molar-refractivity contribution is -0.137. The number of carbonyl (C=O) groups is 1. The van der Waals surface area contributed by atoms with Gasteiger partial charge >= 0.3 is 6.18 Å². The van der Waals surface area contributed by atoms with Crippen molar-refractivity contribution in [1.82, 2.24) is 9.99 Å². The quantitative estimate of drug-likeness (QED) is 0.265. The van der Waals surface area contributed by atoms with E-state index in [1.54, 1.807) is 0 Å². The number of benzene rings is 3. The van der Waals surface area contributed by atoms with Crippen molar-refractivity contribution < 1.29 is 18.0 Å². The van der Waals surface area contributed by atoms with Gasteiger partial charge in [0.2, 0.25) is 0 Å². The minimum absolute atomic E-state index is 0.125. The largest absolute Gasteiger partial charge is 0.416 e. The summed E-state index contributed by atoms with van der Waals surface area (Å²) in [5, 5.41) is 5.61. The van der Waals surface area contributed by atoms with Crippen LogP contribution in [0.5, 0.6) is 0 Å². The van der Waals surface area contributed by atoms with Gasteiger partial charge in [-0.3, -0.25) is 4.79 Å². The lowest BCUT2D eigenvalue weighted by Gasteiger charge is -2.10. The van der Waals surface area contributed by atoms with E-state index in [-0.39, 0.29) is 5.56 Å². The van der Waals surface area contributed by atoms with Crippen molar-refractivity contribution in [3.05, 3.63) is 106 Å². The topological polar surface area (TPSA) is 46.4 Å². The molecule has 168 valence electrons. The van der Waals surface area contributed by atoms with Gasteiger partial charge in [0.1, 0.15) is 0 Å². The molecule has 0 bridgehead atoms. The van der Waals surface area contributed by atoms with Gasteiger partial charge < -0.3 is 4.57 Å². The first-order chi connectivity index (χ1) is 15.8. The summed E-state index contributed by atoms with van der Waals surface area (Å²) < 4.78 is 40.8. The molecule has 0 spiro atoms. The molecule has 3 aromatic carbocycles. The number of halogens is 4. The van der Waals surface area contributed by atoms with E-state index in [4.69, 9.17) is 11.6 Å². The molecule has 1 amide bonds. The van der Waals surface area contributed by atoms with Gasteiger partial charge in [-0.1, -0.05) is 54.1 Å². The molecule has 1 N–H and O–H groups in total. The lowest BCUT2D eigenvalue weighted by Crippen LogP contribution is -2.18. The van der Waals surface area contributed by atoms with Gasteiger partial charge in [0.25, 0.3) is 5.91 Å². The zero-order valence-electron chi connectivity index (χ0n) is 17.5. The minimum atomic E-state index is -4.53. The highest BCUT2D eigenvalue weighted by Gasteiger charge is 2.30. The Balaban J connectivity index is 1.61. The molecule has 4 rings (SSSR count). The van der Waals surface area contributed by atoms with Gasteiger partial charge in [-0.2, -0.15) is 18.3 Å². The van der Waals surface area contributed by atoms with Crippen LogP contribution >= 0.6 is 11.6 Å². The second-order valence-corrected chi connectivity index (χ2v) is 7.88. The second-order valence-electron chi connectivity index (χ2n) is 7.47. The summed E-state index contributed by atoms with van der Waals surface area (Å²) in [7, 11) is 0. The molecule has 0 aliphatic heterocycles. The highest BCUT2D eigenvalue weighted by molar-refractivity contribution is 6.31. The fourth-order valence-corrected chi connectivity index (χ4v) is 3.87. The van der Waals surface area contributed by atoms with E-state index in [9.17, 15) is 18.0 Å². The van der Waals surface area contributed by atoms with E-state index in [2.05, 4.69) is 15.1 Å². The van der Waals surface area contributed by atoms with Gasteiger partial charge in [0.05, 0.1) is 11.8 Å². The van der Waals surface area contributed by atoms with Crippen LogP contribution in [0, 0.1) is 6.92 Å². The number of carbonyl (C=O) groups excluding carboxylic acids is 1. The number of nitrogens with zero attached hydrogens (tertiary/aromatic N) is 2. The van der Waals surface area contributed by atoms with Gasteiger partial charge in [0, 0.05) is 39.3 Å². The number of amides is 1. The molecule has 0 aliphatic carbocycles. The Bertz CT molecular complexity index is 1360. The normalized spacial score (nSPS) is 11.9. The number of hydrogen-bond donors (Lipinski definition) is 1. The first kappa shape index (κ1) is 22.6. The van der Waals surface area contributed by atoms with Crippen LogP contribution in [0.25, 0.3) is 10.9 Å². The van der Waals surface area contributed by atoms with Crippen LogP contribution in [-0.4, -0.2) is 16.7 Å². The monoisotopic (exact) mass is 469 g/mol. The van der Waals surface area contributed by atoms with Gasteiger partial charge in [-0.05, 0) is 42.8 Å². The van der Waals surface area contributed by atoms with Gasteiger partial charge in [-0.25, -0.2) is 5.43 Å². The van der Waals surface area contributed by atoms with Crippen LogP contribution in [0.1, 0.15) is 32.7 Å². The first-order valence-electron chi connectivity index (χ1n) is 10.1. The number of para-hydroxylation sites is 1. The van der Waals surface area contributed by atoms with Gasteiger partial charge in [0.15, 0.2) is 0 Å². The zero-order chi connectivity index (χ0) is 23.6. The maximum Gasteiger partial charge on any atom is 0.416 e. The third-order valence-electron chi connectivity index (χ3n) is 5.38. The molecular formula is C25H19ClF3N3O. The molecule has 1 aromatic heterocycles. The molecule has 0 unspecified atom stereocenters. The Morgan fingerprint density at radius 2 is 1.79 bits per heavy atom. The molecule has 0 radical (unpaired) electrons. The Hall–Kier alpha value is -3.58. The number of aromatic nitrogens is 1. The predicted octanol–water partition coefficient (Wildman–Crippen LogP) is 6.43. The highest BCUT2D eigenvalue weighted by atomic mass is 35.5. The third kappa shape index (κ3) is 4.78. The average Bonchev–Trinajstić information content (AvgIpc) is 3.06. The van der Waals surface area contributed by atoms with E-state index < -0.39 is 17.6 Å². The maximum atomic E-state index is 12.9. The van der Waals surface area contributed by atoms with Crippen LogP contribution < -0.4 is 5.43 Å². The molecule has 0 atom stereocenters. The number of hydrazone groups is 1. The van der Waals surface area contributed by atoms with Crippen molar-refractivity contribution in [2.75, 3.05) is 0 Å². The van der Waals surface area contributed by atoms with Gasteiger partial charge in [-0.15, -0.1) is 0 Å². The van der Waals surface area contributed by atoms with Crippen LogP contribution in [0.2, 0.25) is 5.02 Å². The van der Waals surface area contributed by atoms with E-state index in [1.807, 2.05) is 55.5 Å². The minimum Gasteiger partial charge on any atom is -0.340 e. The number of nitrogens with one attached hydrogen (secondary N) is 1. The molecule has 4 aromatic rings. The van der Waals surface area contributed by atoms with Crippen LogP contribution in [0.4, 0.5) is 13.2 Å². The summed E-state index contributed by atoms with van der Waals surface area (Å²) in [6.07, 6.45) is -3.02. The highest BCUT2D eigenvalue weighted by Crippen LogP contribution is 2.30. The molecule has 33 heavy (non-hydrogen) atoms. The summed E-state index contributed by atoms with van der Waals surface area (Å²) in [5.41, 5.74) is 4.94. The summed E-state index contributed by atoms with van der Waals surface area (Å²) >= 11 is 6.34. The van der Waals surface area contributed by atoms with Crippen molar-refractivity contribution in [2.24, 2.45) is 5.10 Å². The molecule has 0 saturated heterocycles. The fraction of sp³-hybridized carbons (Fsp3) is 0.120. The molecular weight excluding hydrogens is 451 g/mol. The van der Waals surface area contributed by atoms with Crippen LogP contribution in [0.3, 0.4) is 0 Å². The summed E-state index contributed by atoms with van der Waals surface area (Å²) in [6, 6.07) is 19.6. The molecule has 0 aliphatic rings. The van der Waals surface area contributed by atoms with Crippen LogP contribution in [0.15, 0.2) is 77.9 Å². The van der Waals surface area contributed by atoms with E-state index in [0.717, 1.165) is 39.9 Å². The lowest BCUT2D eigenvalue weighted by atomic mass is 10.1. The Morgan fingerprint density at radius 1 is 1.06 bits per heavy atom. The number of fused-ring (bicyclic) bond motifs is 1. The van der Waals surface area contributed by atoms with Crippen molar-refractivity contribution in [3.8, 4) is 0 Å². The van der Waals surface area contributed by atoms with E-state index >= 15 is 0 Å². The second kappa shape index (κ2) is 9.11. The molecule has 8 heteroatoms. The van der Waals surface area contributed by atoms with Crippen LogP contribution in [-0.2, 0) is 12.7 Å². The predicted molar refractivity (Wildman–Crippen MR) is 124 cm³/mol. The standard InChI is InChI=1S/C25H19ClF3N3O/c1-16-21(14-30-31-24(33)17-8-6-9-19(13-17)25(27,28)29)20-10-3-5-12-23(20)32(16)15-18-7-2-4-11-22(18)26/h2-14H,15H2,1H3,(H,31,33)/b30-14+. The summed E-state index contributed by atoms with van der Waals surface area (Å²) in [6.45, 7) is 2.49. The summed E-state index contributed by atoms with van der Waals surface area (Å²) in [4.78, 5) is 12.3. The smallest absolute Gasteiger partial charge is 0.340 e. The van der Waals surface area contributed by atoms with Crippen molar-refractivity contribution in [2.45, 2.75) is 19.6 Å². The van der Waals surface area contributed by atoms with E-state index in [0.29, 0.717) is 11.6 Å². The Morgan fingerprint density at radius 3 is 2.55 bits per heavy atom. The molecule has 4 nitrogen and oxygen atoms in total.